The molecule has 1 unspecified atom stereocenters. The molecule has 0 bridgehead atoms. The Hall–Kier alpha value is -1.81. The molecule has 18 heavy (non-hydrogen) atoms. The van der Waals surface area contributed by atoms with E-state index in [2.05, 4.69) is 5.10 Å². The number of ether oxygens (including phenoxy) is 1. The number of hydrogen-bond donors (Lipinski definition) is 1. The highest BCUT2D eigenvalue weighted by molar-refractivity contribution is 5.42. The topological polar surface area (TPSA) is 47.3 Å². The number of aryl methyl sites for hydroxylation is 3. The first-order valence-corrected chi connectivity index (χ1v) is 5.86. The fraction of sp³-hybridized carbons (Fsp3) is 0.357. The molecular formula is C14H18N2O2. The SMILES string of the molecule is COc1cnn(C)c1C(O)c1c(C)cccc1C. The van der Waals surface area contributed by atoms with Gasteiger partial charge in [-0.1, -0.05) is 18.2 Å². The molecule has 0 fully saturated rings. The highest BCUT2D eigenvalue weighted by Gasteiger charge is 2.22. The molecule has 0 saturated heterocycles. The van der Waals surface area contributed by atoms with Crippen molar-refractivity contribution in [3.63, 3.8) is 0 Å². The van der Waals surface area contributed by atoms with Crippen LogP contribution in [-0.4, -0.2) is 22.0 Å². The highest BCUT2D eigenvalue weighted by Crippen LogP contribution is 2.32. The minimum Gasteiger partial charge on any atom is -0.493 e. The van der Waals surface area contributed by atoms with Crippen LogP contribution in [0.4, 0.5) is 0 Å². The summed E-state index contributed by atoms with van der Waals surface area (Å²) < 4.78 is 6.89. The second-order valence-electron chi connectivity index (χ2n) is 4.43. The molecule has 0 spiro atoms. The Bertz CT molecular complexity index is 541. The summed E-state index contributed by atoms with van der Waals surface area (Å²) in [5.74, 6) is 0.604. The second kappa shape index (κ2) is 4.82. The average molecular weight is 246 g/mol. The lowest BCUT2D eigenvalue weighted by Crippen LogP contribution is -2.10. The number of methoxy groups -OCH3 is 1. The van der Waals surface area contributed by atoms with Gasteiger partial charge in [0.2, 0.25) is 0 Å². The van der Waals surface area contributed by atoms with Gasteiger partial charge in [0.1, 0.15) is 11.8 Å². The minimum absolute atomic E-state index is 0.604. The van der Waals surface area contributed by atoms with Crippen LogP contribution in [0.15, 0.2) is 24.4 Å². The van der Waals surface area contributed by atoms with E-state index >= 15 is 0 Å². The molecule has 0 amide bonds. The van der Waals surface area contributed by atoms with Crippen molar-refractivity contribution in [1.82, 2.24) is 9.78 Å². The van der Waals surface area contributed by atoms with Crippen LogP contribution in [0.3, 0.4) is 0 Å². The van der Waals surface area contributed by atoms with Crippen molar-refractivity contribution in [2.75, 3.05) is 7.11 Å². The smallest absolute Gasteiger partial charge is 0.162 e. The van der Waals surface area contributed by atoms with Crippen LogP contribution in [0.25, 0.3) is 0 Å². The van der Waals surface area contributed by atoms with Crippen molar-refractivity contribution < 1.29 is 9.84 Å². The van der Waals surface area contributed by atoms with Crippen LogP contribution in [-0.2, 0) is 7.05 Å². The normalized spacial score (nSPS) is 12.5. The van der Waals surface area contributed by atoms with Gasteiger partial charge in [-0.05, 0) is 30.5 Å². The maximum absolute atomic E-state index is 10.6. The Morgan fingerprint density at radius 1 is 1.28 bits per heavy atom. The van der Waals surface area contributed by atoms with Crippen LogP contribution in [0.5, 0.6) is 5.75 Å². The maximum atomic E-state index is 10.6. The van der Waals surface area contributed by atoms with Crippen molar-refractivity contribution in [2.45, 2.75) is 20.0 Å². The van der Waals surface area contributed by atoms with Crippen molar-refractivity contribution in [1.29, 1.82) is 0 Å². The van der Waals surface area contributed by atoms with Crippen molar-refractivity contribution >= 4 is 0 Å². The predicted octanol–water partition coefficient (Wildman–Crippen LogP) is 2.13. The second-order valence-corrected chi connectivity index (χ2v) is 4.43. The highest BCUT2D eigenvalue weighted by atomic mass is 16.5. The van der Waals surface area contributed by atoms with Gasteiger partial charge in [0, 0.05) is 7.05 Å². The largest absolute Gasteiger partial charge is 0.493 e. The standard InChI is InChI=1S/C14H18N2O2/c1-9-6-5-7-10(2)12(9)14(17)13-11(18-4)8-15-16(13)3/h5-8,14,17H,1-4H3. The molecule has 4 heteroatoms. The zero-order chi connectivity index (χ0) is 13.3. The first-order chi connectivity index (χ1) is 8.56. The zero-order valence-corrected chi connectivity index (χ0v) is 11.1. The quantitative estimate of drug-likeness (QED) is 0.902. The number of nitrogens with zero attached hydrogens (tertiary/aromatic N) is 2. The Labute approximate surface area is 107 Å². The fourth-order valence-corrected chi connectivity index (χ4v) is 2.29. The Balaban J connectivity index is 2.54. The number of benzene rings is 1. The van der Waals surface area contributed by atoms with E-state index in [1.54, 1.807) is 25.0 Å². The molecule has 0 aliphatic heterocycles. The van der Waals surface area contributed by atoms with Gasteiger partial charge in [-0.25, -0.2) is 0 Å². The first kappa shape index (κ1) is 12.6. The van der Waals surface area contributed by atoms with Crippen molar-refractivity contribution in [2.24, 2.45) is 7.05 Å². The number of aromatic nitrogens is 2. The molecule has 2 aromatic rings. The summed E-state index contributed by atoms with van der Waals surface area (Å²) in [6, 6.07) is 5.98. The number of hydrogen-bond acceptors (Lipinski definition) is 3. The predicted molar refractivity (Wildman–Crippen MR) is 69.7 cm³/mol. The molecule has 2 rings (SSSR count). The molecule has 1 aromatic carbocycles. The lowest BCUT2D eigenvalue weighted by molar-refractivity contribution is 0.203. The van der Waals surface area contributed by atoms with E-state index in [4.69, 9.17) is 4.74 Å². The number of aliphatic hydroxyl groups excluding tert-OH is 1. The lowest BCUT2D eigenvalue weighted by Gasteiger charge is -2.17. The van der Waals surface area contributed by atoms with Crippen molar-refractivity contribution in [3.05, 3.63) is 46.8 Å². The van der Waals surface area contributed by atoms with E-state index in [1.165, 1.54) is 0 Å². The molecule has 0 aliphatic carbocycles. The molecule has 1 heterocycles. The number of aliphatic hydroxyl groups is 1. The minimum atomic E-state index is -0.728. The third-order valence-corrected chi connectivity index (χ3v) is 3.24. The van der Waals surface area contributed by atoms with Gasteiger partial charge >= 0.3 is 0 Å². The summed E-state index contributed by atoms with van der Waals surface area (Å²) in [5.41, 5.74) is 3.71. The van der Waals surface area contributed by atoms with Crippen LogP contribution in [0.2, 0.25) is 0 Å². The van der Waals surface area contributed by atoms with Gasteiger partial charge in [-0.15, -0.1) is 0 Å². The monoisotopic (exact) mass is 246 g/mol. The summed E-state index contributed by atoms with van der Waals surface area (Å²) in [6.45, 7) is 3.99. The van der Waals surface area contributed by atoms with Gasteiger partial charge < -0.3 is 9.84 Å². The molecule has 0 saturated carbocycles. The molecule has 1 N–H and O–H groups in total. The molecule has 4 nitrogen and oxygen atoms in total. The molecule has 0 aliphatic rings. The lowest BCUT2D eigenvalue weighted by atomic mass is 9.96. The fourth-order valence-electron chi connectivity index (χ4n) is 2.29. The van der Waals surface area contributed by atoms with Crippen LogP contribution < -0.4 is 4.74 Å². The van der Waals surface area contributed by atoms with Gasteiger partial charge in [-0.2, -0.15) is 5.10 Å². The zero-order valence-electron chi connectivity index (χ0n) is 11.1. The van der Waals surface area contributed by atoms with Crippen LogP contribution in [0, 0.1) is 13.8 Å². The third kappa shape index (κ3) is 1.99. The summed E-state index contributed by atoms with van der Waals surface area (Å²) in [7, 11) is 3.38. The number of rotatable bonds is 3. The average Bonchev–Trinajstić information content (AvgIpc) is 2.70. The van der Waals surface area contributed by atoms with E-state index in [0.717, 1.165) is 16.7 Å². The van der Waals surface area contributed by atoms with Gasteiger partial charge in [-0.3, -0.25) is 4.68 Å². The van der Waals surface area contributed by atoms with E-state index in [0.29, 0.717) is 11.4 Å². The van der Waals surface area contributed by atoms with Gasteiger partial charge in [0.25, 0.3) is 0 Å². The Kier molecular flexibility index (Phi) is 3.39. The molecule has 1 aromatic heterocycles. The molecule has 0 radical (unpaired) electrons. The van der Waals surface area contributed by atoms with E-state index in [-0.39, 0.29) is 0 Å². The third-order valence-electron chi connectivity index (χ3n) is 3.24. The summed E-state index contributed by atoms with van der Waals surface area (Å²) in [4.78, 5) is 0. The van der Waals surface area contributed by atoms with Crippen LogP contribution >= 0.6 is 0 Å². The molecule has 96 valence electrons. The summed E-state index contributed by atoms with van der Waals surface area (Å²) >= 11 is 0. The van der Waals surface area contributed by atoms with E-state index in [1.807, 2.05) is 32.0 Å². The van der Waals surface area contributed by atoms with Crippen molar-refractivity contribution in [3.8, 4) is 5.75 Å². The van der Waals surface area contributed by atoms with Gasteiger partial charge in [0.05, 0.1) is 13.3 Å². The summed E-state index contributed by atoms with van der Waals surface area (Å²) in [6.07, 6.45) is 0.889. The molecular weight excluding hydrogens is 228 g/mol. The van der Waals surface area contributed by atoms with E-state index < -0.39 is 6.10 Å². The Morgan fingerprint density at radius 3 is 2.44 bits per heavy atom. The first-order valence-electron chi connectivity index (χ1n) is 5.86. The molecule has 1 atom stereocenters. The Morgan fingerprint density at radius 2 is 1.89 bits per heavy atom. The van der Waals surface area contributed by atoms with Crippen LogP contribution in [0.1, 0.15) is 28.5 Å². The maximum Gasteiger partial charge on any atom is 0.162 e. The van der Waals surface area contributed by atoms with E-state index in [9.17, 15) is 5.11 Å². The van der Waals surface area contributed by atoms with Gasteiger partial charge in [0.15, 0.2) is 5.75 Å². The summed E-state index contributed by atoms with van der Waals surface area (Å²) in [5, 5.41) is 14.7.